The van der Waals surface area contributed by atoms with Crippen LogP contribution in [-0.2, 0) is 4.79 Å². The van der Waals surface area contributed by atoms with E-state index in [1.807, 2.05) is 35.2 Å². The van der Waals surface area contributed by atoms with Crippen LogP contribution in [0.2, 0.25) is 0 Å². The fourth-order valence-corrected chi connectivity index (χ4v) is 4.25. The van der Waals surface area contributed by atoms with Crippen LogP contribution in [0.1, 0.15) is 44.0 Å². The summed E-state index contributed by atoms with van der Waals surface area (Å²) < 4.78 is 0. The van der Waals surface area contributed by atoms with Gasteiger partial charge in [-0.3, -0.25) is 4.79 Å². The second-order valence-electron chi connectivity index (χ2n) is 7.28. The van der Waals surface area contributed by atoms with Gasteiger partial charge in [0.05, 0.1) is 6.04 Å². The van der Waals surface area contributed by atoms with Gasteiger partial charge in [-0.1, -0.05) is 31.2 Å². The summed E-state index contributed by atoms with van der Waals surface area (Å²) >= 11 is 0. The first-order valence-electron chi connectivity index (χ1n) is 9.12. The summed E-state index contributed by atoms with van der Waals surface area (Å²) in [5.74, 6) is 1.60. The molecule has 3 atom stereocenters. The molecule has 0 bridgehead atoms. The number of nitrogens with zero attached hydrogens (tertiary/aromatic N) is 3. The lowest BCUT2D eigenvalue weighted by Gasteiger charge is -2.45. The predicted octanol–water partition coefficient (Wildman–Crippen LogP) is 3.89. The van der Waals surface area contributed by atoms with Crippen molar-refractivity contribution >= 4 is 17.4 Å². The number of rotatable bonds is 3. The summed E-state index contributed by atoms with van der Waals surface area (Å²) in [6.07, 6.45) is 2.35. The molecule has 4 rings (SSSR count). The Labute approximate surface area is 153 Å². The Bertz CT molecular complexity index is 884. The molecule has 5 heteroatoms. The minimum atomic E-state index is 0.0499. The van der Waals surface area contributed by atoms with Crippen molar-refractivity contribution in [1.82, 2.24) is 4.98 Å². The average Bonchev–Trinajstić information content (AvgIpc) is 3.48. The lowest BCUT2D eigenvalue weighted by atomic mass is 9.80. The first kappa shape index (κ1) is 16.6. The van der Waals surface area contributed by atoms with Crippen molar-refractivity contribution in [2.75, 3.05) is 10.2 Å². The molecule has 26 heavy (non-hydrogen) atoms. The van der Waals surface area contributed by atoms with Gasteiger partial charge in [0.2, 0.25) is 5.91 Å². The van der Waals surface area contributed by atoms with E-state index in [1.165, 1.54) is 12.8 Å². The smallest absolute Gasteiger partial charge is 0.224 e. The monoisotopic (exact) mass is 346 g/mol. The van der Waals surface area contributed by atoms with E-state index >= 15 is 0 Å². The number of aromatic nitrogens is 1. The summed E-state index contributed by atoms with van der Waals surface area (Å²) in [7, 11) is 0. The fourth-order valence-electron chi connectivity index (χ4n) is 4.25. The highest BCUT2D eigenvalue weighted by Gasteiger charge is 2.47. The van der Waals surface area contributed by atoms with Crippen molar-refractivity contribution in [3.8, 4) is 6.07 Å². The minimum Gasteiger partial charge on any atom is -0.363 e. The third-order valence-electron chi connectivity index (χ3n) is 5.51. The van der Waals surface area contributed by atoms with Crippen molar-refractivity contribution in [1.29, 1.82) is 5.26 Å². The molecule has 0 radical (unpaired) electrons. The Morgan fingerprint density at radius 3 is 2.69 bits per heavy atom. The number of hydrogen-bond acceptors (Lipinski definition) is 4. The first-order valence-corrected chi connectivity index (χ1v) is 9.12. The molecule has 1 fully saturated rings. The Morgan fingerprint density at radius 1 is 1.23 bits per heavy atom. The van der Waals surface area contributed by atoms with E-state index in [0.717, 1.165) is 11.3 Å². The fraction of sp³-hybridized carbons (Fsp3) is 0.381. The van der Waals surface area contributed by atoms with Crippen molar-refractivity contribution in [3.63, 3.8) is 0 Å². The van der Waals surface area contributed by atoms with E-state index in [2.05, 4.69) is 29.4 Å². The van der Waals surface area contributed by atoms with Crippen LogP contribution in [-0.4, -0.2) is 16.9 Å². The maximum Gasteiger partial charge on any atom is 0.224 e. The molecule has 132 valence electrons. The zero-order valence-corrected chi connectivity index (χ0v) is 15.0. The zero-order chi connectivity index (χ0) is 18.3. The molecule has 0 unspecified atom stereocenters. The molecule has 2 aliphatic rings. The van der Waals surface area contributed by atoms with Crippen molar-refractivity contribution < 1.29 is 4.79 Å². The second-order valence-corrected chi connectivity index (χ2v) is 7.28. The van der Waals surface area contributed by atoms with Gasteiger partial charge >= 0.3 is 0 Å². The van der Waals surface area contributed by atoms with Crippen LogP contribution in [0.5, 0.6) is 0 Å². The number of amides is 1. The average molecular weight is 346 g/mol. The minimum absolute atomic E-state index is 0.0499. The third kappa shape index (κ3) is 2.82. The molecule has 1 aliphatic heterocycles. The van der Waals surface area contributed by atoms with E-state index in [-0.39, 0.29) is 23.9 Å². The van der Waals surface area contributed by atoms with Gasteiger partial charge in [-0.15, -0.1) is 0 Å². The van der Waals surface area contributed by atoms with Crippen LogP contribution in [0.3, 0.4) is 0 Å². The number of nitriles is 1. The van der Waals surface area contributed by atoms with E-state index < -0.39 is 0 Å². The lowest BCUT2D eigenvalue weighted by Crippen LogP contribution is -2.51. The second kappa shape index (κ2) is 6.45. The maximum atomic E-state index is 12.5. The summed E-state index contributed by atoms with van der Waals surface area (Å²) in [5, 5.41) is 12.6. The third-order valence-corrected chi connectivity index (χ3v) is 5.51. The van der Waals surface area contributed by atoms with Crippen LogP contribution in [0.4, 0.5) is 11.5 Å². The number of benzene rings is 1. The van der Waals surface area contributed by atoms with Gasteiger partial charge < -0.3 is 10.2 Å². The summed E-state index contributed by atoms with van der Waals surface area (Å²) in [6.45, 7) is 3.87. The molecule has 2 aromatic rings. The molecule has 1 aliphatic carbocycles. The van der Waals surface area contributed by atoms with Gasteiger partial charge in [-0.25, -0.2) is 4.98 Å². The van der Waals surface area contributed by atoms with Crippen LogP contribution in [0.15, 0.2) is 42.5 Å². The normalized spacial score (nSPS) is 24.5. The molecule has 1 aromatic carbocycles. The van der Waals surface area contributed by atoms with E-state index in [1.54, 1.807) is 13.0 Å². The van der Waals surface area contributed by atoms with Gasteiger partial charge in [0, 0.05) is 24.6 Å². The highest BCUT2D eigenvalue weighted by molar-refractivity contribution is 5.94. The summed E-state index contributed by atoms with van der Waals surface area (Å²) in [4.78, 5) is 18.8. The SMILES string of the molecule is CC(=O)N1c2ccccc2[C@H](Nc2cccc(C#N)n2)[C@@H](C)[C@@H]1C1CC1. The van der Waals surface area contributed by atoms with Crippen molar-refractivity contribution in [2.24, 2.45) is 11.8 Å². The lowest BCUT2D eigenvalue weighted by molar-refractivity contribution is -0.117. The Hall–Kier alpha value is -2.87. The molecular weight excluding hydrogens is 324 g/mol. The van der Waals surface area contributed by atoms with Gasteiger partial charge in [0.25, 0.3) is 0 Å². The van der Waals surface area contributed by atoms with Crippen LogP contribution in [0.25, 0.3) is 0 Å². The number of carbonyl (C=O) groups excluding carboxylic acids is 1. The number of carbonyl (C=O) groups is 1. The molecule has 1 amide bonds. The zero-order valence-electron chi connectivity index (χ0n) is 15.0. The molecule has 0 spiro atoms. The van der Waals surface area contributed by atoms with Gasteiger partial charge in [0.15, 0.2) is 0 Å². The maximum absolute atomic E-state index is 12.5. The number of hydrogen-bond donors (Lipinski definition) is 1. The van der Waals surface area contributed by atoms with Crippen molar-refractivity contribution in [3.05, 3.63) is 53.7 Å². The molecule has 1 saturated carbocycles. The Balaban J connectivity index is 1.76. The molecular formula is C21H22N4O. The van der Waals surface area contributed by atoms with Gasteiger partial charge in [0.1, 0.15) is 17.6 Å². The number of fused-ring (bicyclic) bond motifs is 1. The highest BCUT2D eigenvalue weighted by atomic mass is 16.2. The summed E-state index contributed by atoms with van der Waals surface area (Å²) in [5.41, 5.74) is 2.50. The molecule has 1 aromatic heterocycles. The summed E-state index contributed by atoms with van der Waals surface area (Å²) in [6, 6.07) is 15.9. The number of anilines is 2. The van der Waals surface area contributed by atoms with Crippen molar-refractivity contribution in [2.45, 2.75) is 38.8 Å². The topological polar surface area (TPSA) is 69.0 Å². The number of nitrogens with one attached hydrogen (secondary N) is 1. The highest BCUT2D eigenvalue weighted by Crippen LogP contribution is 2.49. The van der Waals surface area contributed by atoms with E-state index in [4.69, 9.17) is 5.26 Å². The standard InChI is InChI=1S/C21H22N4O/c1-13-20(24-19-9-5-6-16(12-22)23-19)17-7-3-4-8-18(17)25(14(2)26)21(13)15-10-11-15/h3-9,13,15,20-21H,10-11H2,1-2H3,(H,23,24)/t13-,20-,21-/m1/s1. The molecule has 2 heterocycles. The largest absolute Gasteiger partial charge is 0.363 e. The first-order chi connectivity index (χ1) is 12.6. The van der Waals surface area contributed by atoms with E-state index in [9.17, 15) is 4.79 Å². The molecule has 1 N–H and O–H groups in total. The quantitative estimate of drug-likeness (QED) is 0.915. The van der Waals surface area contributed by atoms with Crippen LogP contribution < -0.4 is 10.2 Å². The Morgan fingerprint density at radius 2 is 2.00 bits per heavy atom. The Kier molecular flexibility index (Phi) is 4.12. The predicted molar refractivity (Wildman–Crippen MR) is 101 cm³/mol. The van der Waals surface area contributed by atoms with Crippen LogP contribution in [0, 0.1) is 23.2 Å². The van der Waals surface area contributed by atoms with E-state index in [0.29, 0.717) is 17.4 Å². The number of para-hydroxylation sites is 1. The van der Waals surface area contributed by atoms with Crippen LogP contribution >= 0.6 is 0 Å². The number of pyridine rings is 1. The molecule has 5 nitrogen and oxygen atoms in total. The van der Waals surface area contributed by atoms with Gasteiger partial charge in [-0.05, 0) is 42.5 Å². The van der Waals surface area contributed by atoms with Gasteiger partial charge in [-0.2, -0.15) is 5.26 Å². The molecule has 0 saturated heterocycles.